The number of aliphatic carboxylic acids is 2. The van der Waals surface area contributed by atoms with Crippen LogP contribution >= 0.6 is 24.8 Å². The van der Waals surface area contributed by atoms with E-state index >= 15 is 0 Å². The molecule has 0 unspecified atom stereocenters. The van der Waals surface area contributed by atoms with Gasteiger partial charge < -0.3 is 29.7 Å². The number of hydrogen-bond acceptors (Lipinski definition) is 7. The van der Waals surface area contributed by atoms with Crippen molar-refractivity contribution in [2.75, 3.05) is 20.7 Å². The van der Waals surface area contributed by atoms with E-state index in [9.17, 15) is 19.8 Å². The SMILES string of the molecule is COc1cc(O)c2c3c1C[C@@H]1[C@@H]4CC[C@@H](N[C@@H](CCC(=O)O)C(=O)O)[C@H](O2)[C@]34CCN1C.Cl.Cl. The minimum Gasteiger partial charge on any atom is -0.504 e. The molecule has 1 spiro atoms. The fraction of sp³-hybridized carbons (Fsp3) is 0.652. The smallest absolute Gasteiger partial charge is 0.320 e. The summed E-state index contributed by atoms with van der Waals surface area (Å²) < 4.78 is 12.1. The number of phenolic OH excluding ortho intramolecular Hbond substituents is 1. The maximum absolute atomic E-state index is 11.9. The number of nitrogens with one attached hydrogen (secondary N) is 1. The number of nitrogens with zero attached hydrogens (tertiary/aromatic N) is 1. The lowest BCUT2D eigenvalue weighted by molar-refractivity contribution is -0.141. The average Bonchev–Trinajstić information content (AvgIpc) is 3.10. The Kier molecular flexibility index (Phi) is 7.53. The Balaban J connectivity index is 0.00000162. The third kappa shape index (κ3) is 3.77. The molecule has 2 heterocycles. The van der Waals surface area contributed by atoms with E-state index in [0.29, 0.717) is 23.5 Å². The van der Waals surface area contributed by atoms with Gasteiger partial charge in [-0.15, -0.1) is 24.8 Å². The van der Waals surface area contributed by atoms with Gasteiger partial charge in [0.2, 0.25) is 0 Å². The molecule has 0 radical (unpaired) electrons. The van der Waals surface area contributed by atoms with Crippen molar-refractivity contribution in [2.45, 2.75) is 68.2 Å². The van der Waals surface area contributed by atoms with Gasteiger partial charge >= 0.3 is 11.9 Å². The van der Waals surface area contributed by atoms with Crippen LogP contribution in [0.25, 0.3) is 0 Å². The van der Waals surface area contributed by atoms with Gasteiger partial charge in [0.1, 0.15) is 17.9 Å². The number of likely N-dealkylation sites (N-methyl/N-ethyl adjacent to an activating group) is 1. The van der Waals surface area contributed by atoms with Crippen molar-refractivity contribution in [1.82, 2.24) is 10.2 Å². The molecule has 11 heteroatoms. The summed E-state index contributed by atoms with van der Waals surface area (Å²) in [4.78, 5) is 25.3. The number of likely N-dealkylation sites (tertiary alicyclic amines) is 1. The number of carbonyl (C=O) groups is 2. The van der Waals surface area contributed by atoms with Gasteiger partial charge in [-0.05, 0) is 51.6 Å². The molecule has 1 aromatic carbocycles. The van der Waals surface area contributed by atoms with E-state index in [0.717, 1.165) is 43.4 Å². The molecule has 9 nitrogen and oxygen atoms in total. The standard InChI is InChI=1S/C23H30N2O7.2ClH/c1-25-8-7-23-12-3-4-13(24-14(22(29)30)5-6-18(27)28)21(23)32-20-16(26)10-17(31-2)11(19(20)23)9-15(12)25;;/h10,12-15,21,24,26H,3-9H2,1-2H3,(H,27,28)(H,29,30);2*1H/t12-,13+,14-,15+,21-,23-;;/m0../s1. The molecule has 4 aliphatic rings. The molecule has 1 saturated heterocycles. The van der Waals surface area contributed by atoms with Gasteiger partial charge in [0, 0.05) is 41.1 Å². The zero-order valence-electron chi connectivity index (χ0n) is 19.2. The van der Waals surface area contributed by atoms with E-state index in [2.05, 4.69) is 17.3 Å². The van der Waals surface area contributed by atoms with Crippen LogP contribution in [-0.2, 0) is 21.4 Å². The highest BCUT2D eigenvalue weighted by Crippen LogP contribution is 2.65. The number of phenols is 1. The summed E-state index contributed by atoms with van der Waals surface area (Å²) in [6.45, 7) is 0.895. The molecule has 1 saturated carbocycles. The molecule has 2 bridgehead atoms. The molecule has 2 aliphatic carbocycles. The van der Waals surface area contributed by atoms with Crippen molar-refractivity contribution in [3.8, 4) is 17.2 Å². The Hall–Kier alpha value is -1.94. The predicted octanol–water partition coefficient (Wildman–Crippen LogP) is 2.19. The highest BCUT2D eigenvalue weighted by Gasteiger charge is 2.66. The first-order valence-corrected chi connectivity index (χ1v) is 11.3. The fourth-order valence-electron chi connectivity index (χ4n) is 6.95. The van der Waals surface area contributed by atoms with Crippen LogP contribution in [0.3, 0.4) is 0 Å². The topological polar surface area (TPSA) is 129 Å². The number of carboxylic acids is 2. The summed E-state index contributed by atoms with van der Waals surface area (Å²) in [5.74, 6) is -0.506. The summed E-state index contributed by atoms with van der Waals surface area (Å²) in [6.07, 6.45) is 2.80. The van der Waals surface area contributed by atoms with Crippen LogP contribution in [0, 0.1) is 5.92 Å². The molecule has 0 amide bonds. The van der Waals surface area contributed by atoms with E-state index in [1.165, 1.54) is 0 Å². The normalized spacial score (nSPS) is 31.2. The van der Waals surface area contributed by atoms with Gasteiger partial charge in [-0.1, -0.05) is 0 Å². The van der Waals surface area contributed by atoms with Gasteiger partial charge in [0.05, 0.1) is 7.11 Å². The molecule has 4 N–H and O–H groups in total. The number of ether oxygens (including phenoxy) is 2. The van der Waals surface area contributed by atoms with Crippen molar-refractivity contribution in [3.63, 3.8) is 0 Å². The first-order valence-electron chi connectivity index (χ1n) is 11.3. The highest BCUT2D eigenvalue weighted by atomic mass is 35.5. The molecular formula is C23H32Cl2N2O7. The van der Waals surface area contributed by atoms with Gasteiger partial charge in [0.15, 0.2) is 11.5 Å². The molecule has 34 heavy (non-hydrogen) atoms. The molecule has 5 rings (SSSR count). The second-order valence-corrected chi connectivity index (χ2v) is 9.64. The summed E-state index contributed by atoms with van der Waals surface area (Å²) in [5, 5.41) is 32.7. The summed E-state index contributed by atoms with van der Waals surface area (Å²) in [6, 6.07) is 0.724. The third-order valence-corrected chi connectivity index (χ3v) is 8.26. The van der Waals surface area contributed by atoms with Crippen molar-refractivity contribution in [3.05, 3.63) is 17.2 Å². The second kappa shape index (κ2) is 9.60. The molecule has 2 fully saturated rings. The lowest BCUT2D eigenvalue weighted by Crippen LogP contribution is -2.68. The fourth-order valence-corrected chi connectivity index (χ4v) is 6.95. The van der Waals surface area contributed by atoms with Gasteiger partial charge in [-0.25, -0.2) is 0 Å². The van der Waals surface area contributed by atoms with Crippen molar-refractivity contribution < 1.29 is 34.4 Å². The Morgan fingerprint density at radius 1 is 1.32 bits per heavy atom. The lowest BCUT2D eigenvalue weighted by atomic mass is 9.51. The summed E-state index contributed by atoms with van der Waals surface area (Å²) >= 11 is 0. The zero-order chi connectivity index (χ0) is 22.8. The first-order chi connectivity index (χ1) is 15.3. The Bertz CT molecular complexity index is 977. The number of methoxy groups -OCH3 is 1. The molecular weight excluding hydrogens is 487 g/mol. The van der Waals surface area contributed by atoms with Crippen LogP contribution in [0.15, 0.2) is 6.07 Å². The van der Waals surface area contributed by atoms with Gasteiger partial charge in [0.25, 0.3) is 0 Å². The average molecular weight is 519 g/mol. The van der Waals surface area contributed by atoms with E-state index in [1.807, 2.05) is 0 Å². The number of halogens is 2. The zero-order valence-corrected chi connectivity index (χ0v) is 20.8. The van der Waals surface area contributed by atoms with Crippen LogP contribution in [0.4, 0.5) is 0 Å². The van der Waals surface area contributed by atoms with E-state index < -0.39 is 18.0 Å². The minimum atomic E-state index is -1.06. The van der Waals surface area contributed by atoms with Crippen LogP contribution in [0.5, 0.6) is 17.2 Å². The number of piperidine rings is 1. The molecule has 0 aromatic heterocycles. The highest BCUT2D eigenvalue weighted by molar-refractivity contribution is 5.85. The number of carboxylic acid groups (broad SMARTS) is 2. The van der Waals surface area contributed by atoms with E-state index in [4.69, 9.17) is 14.6 Å². The van der Waals surface area contributed by atoms with Crippen LogP contribution in [0.2, 0.25) is 0 Å². The van der Waals surface area contributed by atoms with E-state index in [-0.39, 0.29) is 61.0 Å². The van der Waals surface area contributed by atoms with Crippen LogP contribution < -0.4 is 14.8 Å². The molecule has 1 aromatic rings. The second-order valence-electron chi connectivity index (χ2n) is 9.64. The summed E-state index contributed by atoms with van der Waals surface area (Å²) in [5.41, 5.74) is 1.80. The molecule has 2 aliphatic heterocycles. The maximum atomic E-state index is 11.9. The quantitative estimate of drug-likeness (QED) is 0.429. The van der Waals surface area contributed by atoms with Crippen molar-refractivity contribution >= 4 is 36.8 Å². The molecule has 190 valence electrons. The number of benzene rings is 1. The monoisotopic (exact) mass is 518 g/mol. The largest absolute Gasteiger partial charge is 0.504 e. The lowest BCUT2D eigenvalue weighted by Gasteiger charge is -2.59. The number of hydrogen-bond donors (Lipinski definition) is 4. The van der Waals surface area contributed by atoms with E-state index in [1.54, 1.807) is 13.2 Å². The Labute approximate surface area is 210 Å². The van der Waals surface area contributed by atoms with Gasteiger partial charge in [-0.2, -0.15) is 0 Å². The Morgan fingerprint density at radius 3 is 2.71 bits per heavy atom. The maximum Gasteiger partial charge on any atom is 0.320 e. The summed E-state index contributed by atoms with van der Waals surface area (Å²) in [7, 11) is 3.76. The van der Waals surface area contributed by atoms with Crippen LogP contribution in [0.1, 0.15) is 43.2 Å². The van der Waals surface area contributed by atoms with Gasteiger partial charge in [-0.3, -0.25) is 14.9 Å². The van der Waals surface area contributed by atoms with Crippen molar-refractivity contribution in [1.29, 1.82) is 0 Å². The first kappa shape index (κ1) is 26.7. The number of rotatable bonds is 7. The molecule has 6 atom stereocenters. The van der Waals surface area contributed by atoms with Crippen LogP contribution in [-0.4, -0.2) is 77.1 Å². The number of aromatic hydroxyl groups is 1. The Morgan fingerprint density at radius 2 is 2.06 bits per heavy atom. The third-order valence-electron chi connectivity index (χ3n) is 8.26. The van der Waals surface area contributed by atoms with Crippen molar-refractivity contribution in [2.24, 2.45) is 5.92 Å². The predicted molar refractivity (Wildman–Crippen MR) is 128 cm³/mol. The minimum absolute atomic E-state index is 0.